The molecule has 4 aromatic rings. The zero-order valence-corrected chi connectivity index (χ0v) is 17.9. The first-order chi connectivity index (χ1) is 15.9. The normalized spacial score (nSPS) is 10.8. The van der Waals surface area contributed by atoms with Crippen molar-refractivity contribution in [3.8, 4) is 6.01 Å². The van der Waals surface area contributed by atoms with E-state index in [2.05, 4.69) is 92.0 Å². The second-order valence-corrected chi connectivity index (χ2v) is 7.33. The third-order valence-electron chi connectivity index (χ3n) is 5.15. The van der Waals surface area contributed by atoms with E-state index >= 15 is 0 Å². The molecule has 7 nitrogen and oxygen atoms in total. The minimum atomic E-state index is 0.318. The van der Waals surface area contributed by atoms with Gasteiger partial charge >= 0.3 is 6.01 Å². The summed E-state index contributed by atoms with van der Waals surface area (Å²) in [5.41, 5.74) is 13.0. The zero-order chi connectivity index (χ0) is 22.0. The lowest BCUT2D eigenvalue weighted by molar-refractivity contribution is -0.669. The maximum absolute atomic E-state index is 8.36. The molecule has 0 spiro atoms. The van der Waals surface area contributed by atoms with Crippen molar-refractivity contribution in [1.29, 1.82) is 0 Å². The molecule has 162 valence electrons. The molecule has 0 N–H and O–H groups in total. The number of imidazole rings is 1. The van der Waals surface area contributed by atoms with Crippen LogP contribution in [0.15, 0.2) is 90.0 Å². The van der Waals surface area contributed by atoms with Gasteiger partial charge in [-0.15, -0.1) is 0 Å². The van der Waals surface area contributed by atoms with E-state index in [0.29, 0.717) is 39.5 Å². The molecule has 1 heterocycles. The first-order valence-corrected chi connectivity index (χ1v) is 10.7. The van der Waals surface area contributed by atoms with Gasteiger partial charge in [0.2, 0.25) is 0 Å². The maximum atomic E-state index is 8.36. The number of hydrogen-bond donors (Lipinski definition) is 0. The monoisotopic (exact) mass is 428 g/mol. The largest absolute Gasteiger partial charge is 0.457 e. The van der Waals surface area contributed by atoms with Crippen LogP contribution in [0.4, 0.5) is 0 Å². The number of ether oxygens (including phenoxy) is 2. The first-order valence-electron chi connectivity index (χ1n) is 10.7. The van der Waals surface area contributed by atoms with Crippen molar-refractivity contribution in [1.82, 2.24) is 4.57 Å². The number of rotatable bonds is 11. The van der Waals surface area contributed by atoms with Gasteiger partial charge in [0.15, 0.2) is 11.0 Å². The summed E-state index contributed by atoms with van der Waals surface area (Å²) in [5, 5.41) is 3.48. The molecule has 4 rings (SSSR count). The lowest BCUT2D eigenvalue weighted by Gasteiger charge is -2.08. The van der Waals surface area contributed by atoms with E-state index in [4.69, 9.17) is 15.0 Å². The molecule has 32 heavy (non-hydrogen) atoms. The fraction of sp³-hybridized carbons (Fsp3) is 0.240. The van der Waals surface area contributed by atoms with Crippen LogP contribution in [0.2, 0.25) is 0 Å². The summed E-state index contributed by atoms with van der Waals surface area (Å²) in [7, 11) is 0. The van der Waals surface area contributed by atoms with Crippen molar-refractivity contribution >= 4 is 11.0 Å². The van der Waals surface area contributed by atoms with Gasteiger partial charge in [0.05, 0.1) is 13.2 Å². The van der Waals surface area contributed by atoms with Crippen LogP contribution in [-0.2, 0) is 17.8 Å². The Balaban J connectivity index is 1.65. The molecule has 0 aliphatic rings. The number of azide groups is 1. The van der Waals surface area contributed by atoms with Gasteiger partial charge in [-0.05, 0) is 28.8 Å². The molecule has 0 saturated heterocycles. The minimum absolute atomic E-state index is 0.318. The average molecular weight is 429 g/mol. The van der Waals surface area contributed by atoms with Gasteiger partial charge in [0, 0.05) is 11.5 Å². The van der Waals surface area contributed by atoms with E-state index in [1.165, 1.54) is 11.1 Å². The van der Waals surface area contributed by atoms with Gasteiger partial charge in [-0.1, -0.05) is 77.9 Å². The Morgan fingerprint density at radius 2 is 1.50 bits per heavy atom. The van der Waals surface area contributed by atoms with Crippen LogP contribution in [0.5, 0.6) is 6.01 Å². The summed E-state index contributed by atoms with van der Waals surface area (Å²) in [6.45, 7) is 2.92. The highest BCUT2D eigenvalue weighted by Gasteiger charge is 2.27. The molecule has 0 aliphatic carbocycles. The number of hydrogen-bond acceptors (Lipinski definition) is 3. The average Bonchev–Trinajstić information content (AvgIpc) is 3.12. The van der Waals surface area contributed by atoms with E-state index in [1.807, 2.05) is 12.1 Å². The second-order valence-electron chi connectivity index (χ2n) is 7.33. The van der Waals surface area contributed by atoms with E-state index in [1.54, 1.807) is 0 Å². The van der Waals surface area contributed by atoms with Crippen LogP contribution >= 0.6 is 0 Å². The summed E-state index contributed by atoms with van der Waals surface area (Å²) < 4.78 is 16.3. The Labute approximate surface area is 187 Å². The van der Waals surface area contributed by atoms with E-state index in [-0.39, 0.29) is 0 Å². The highest BCUT2D eigenvalue weighted by atomic mass is 16.5. The van der Waals surface area contributed by atoms with Crippen LogP contribution in [-0.4, -0.2) is 30.9 Å². The lowest BCUT2D eigenvalue weighted by Crippen LogP contribution is -2.36. The summed E-state index contributed by atoms with van der Waals surface area (Å²) >= 11 is 0. The van der Waals surface area contributed by atoms with Gasteiger partial charge in [-0.2, -0.15) is 9.13 Å². The van der Waals surface area contributed by atoms with E-state index in [0.717, 1.165) is 17.0 Å². The summed E-state index contributed by atoms with van der Waals surface area (Å²) in [6.07, 6.45) is 0. The maximum Gasteiger partial charge on any atom is 0.457 e. The van der Waals surface area contributed by atoms with Gasteiger partial charge in [0.1, 0.15) is 19.7 Å². The van der Waals surface area contributed by atoms with Crippen molar-refractivity contribution in [2.45, 2.75) is 13.1 Å². The Morgan fingerprint density at radius 1 is 0.812 bits per heavy atom. The number of nitrogens with zero attached hydrogens (tertiary/aromatic N) is 5. The zero-order valence-electron chi connectivity index (χ0n) is 17.9. The number of para-hydroxylation sites is 2. The minimum Gasteiger partial charge on any atom is -0.428 e. The van der Waals surface area contributed by atoms with Gasteiger partial charge in [-0.3, -0.25) is 0 Å². The molecule has 3 aromatic carbocycles. The third-order valence-corrected chi connectivity index (χ3v) is 5.15. The molecule has 1 aromatic heterocycles. The molecule has 0 atom stereocenters. The SMILES string of the molecule is [N-]=[N+]=NCCOCCOc1n(Cc2ccccc2)c2ccccc2[n+]1Cc1ccccc1. The third kappa shape index (κ3) is 5.27. The molecule has 0 unspecified atom stereocenters. The van der Waals surface area contributed by atoms with Gasteiger partial charge < -0.3 is 9.47 Å². The van der Waals surface area contributed by atoms with Crippen molar-refractivity contribution in [2.24, 2.45) is 5.11 Å². The summed E-state index contributed by atoms with van der Waals surface area (Å²) in [6, 6.07) is 29.9. The fourth-order valence-electron chi connectivity index (χ4n) is 3.71. The Morgan fingerprint density at radius 3 is 2.25 bits per heavy atom. The van der Waals surface area contributed by atoms with Crippen molar-refractivity contribution < 1.29 is 14.0 Å². The van der Waals surface area contributed by atoms with Crippen molar-refractivity contribution in [2.75, 3.05) is 26.4 Å². The van der Waals surface area contributed by atoms with Crippen LogP contribution < -0.4 is 9.30 Å². The Hall–Kier alpha value is -3.80. The Bertz CT molecular complexity index is 1110. The topological polar surface area (TPSA) is 76.0 Å². The lowest BCUT2D eigenvalue weighted by atomic mass is 10.2. The fourth-order valence-corrected chi connectivity index (χ4v) is 3.71. The molecule has 0 fully saturated rings. The molecule has 0 saturated carbocycles. The Kier molecular flexibility index (Phi) is 7.37. The van der Waals surface area contributed by atoms with Gasteiger partial charge in [0.25, 0.3) is 0 Å². The predicted molar refractivity (Wildman–Crippen MR) is 124 cm³/mol. The first kappa shape index (κ1) is 21.4. The number of fused-ring (bicyclic) bond motifs is 1. The summed E-state index contributed by atoms with van der Waals surface area (Å²) in [5.74, 6) is 0. The van der Waals surface area contributed by atoms with Crippen LogP contribution in [0.3, 0.4) is 0 Å². The number of benzene rings is 3. The molecule has 0 amide bonds. The molecule has 0 bridgehead atoms. The van der Waals surface area contributed by atoms with Crippen molar-refractivity contribution in [3.05, 3.63) is 106 Å². The molecular formula is C25H26N5O2+. The quantitative estimate of drug-likeness (QED) is 0.114. The molecule has 0 radical (unpaired) electrons. The highest BCUT2D eigenvalue weighted by Crippen LogP contribution is 2.22. The standard InChI is InChI=1S/C25H26N5O2/c26-28-27-15-16-31-17-18-32-25-29(19-21-9-3-1-4-10-21)23-13-7-8-14-24(23)30(25)20-22-11-5-2-6-12-22/h1-14H,15-20H2/q+1. The van der Waals surface area contributed by atoms with E-state index < -0.39 is 0 Å². The molecular weight excluding hydrogens is 402 g/mol. The van der Waals surface area contributed by atoms with Gasteiger partial charge in [-0.25, -0.2) is 0 Å². The van der Waals surface area contributed by atoms with Crippen molar-refractivity contribution in [3.63, 3.8) is 0 Å². The smallest absolute Gasteiger partial charge is 0.428 e. The van der Waals surface area contributed by atoms with Crippen LogP contribution in [0.1, 0.15) is 11.1 Å². The van der Waals surface area contributed by atoms with E-state index in [9.17, 15) is 0 Å². The van der Waals surface area contributed by atoms with Crippen LogP contribution in [0.25, 0.3) is 21.5 Å². The number of aromatic nitrogens is 2. The predicted octanol–water partition coefficient (Wildman–Crippen LogP) is 4.73. The molecule has 0 aliphatic heterocycles. The van der Waals surface area contributed by atoms with Crippen LogP contribution in [0, 0.1) is 0 Å². The molecule has 7 heteroatoms. The highest BCUT2D eigenvalue weighted by molar-refractivity contribution is 5.73. The summed E-state index contributed by atoms with van der Waals surface area (Å²) in [4.78, 5) is 2.74. The second kappa shape index (κ2) is 11.0.